The van der Waals surface area contributed by atoms with Gasteiger partial charge in [-0.1, -0.05) is 119 Å². The van der Waals surface area contributed by atoms with Crippen molar-refractivity contribution in [2.45, 2.75) is 158 Å². The van der Waals surface area contributed by atoms with E-state index in [1.54, 1.807) is 26.0 Å². The van der Waals surface area contributed by atoms with Crippen LogP contribution in [0.1, 0.15) is 133 Å². The zero-order valence-electron chi connectivity index (χ0n) is 41.0. The third kappa shape index (κ3) is 34.7. The first-order valence-electron chi connectivity index (χ1n) is 22.4. The van der Waals surface area contributed by atoms with Crippen LogP contribution < -0.4 is 27.8 Å². The van der Waals surface area contributed by atoms with Gasteiger partial charge in [0.15, 0.2) is 0 Å². The summed E-state index contributed by atoms with van der Waals surface area (Å²) in [5, 5.41) is 6.44. The molecule has 0 radical (unpaired) electrons. The van der Waals surface area contributed by atoms with Crippen molar-refractivity contribution in [2.75, 3.05) is 54.0 Å². The SMILES string of the molecule is C1CNCCN1.CC(C)(C)CCc1ccccc1.CCC.CCC(C)C(C(CC)OC)N(C)C(=O)CCC(C)C.COC(C(C)C(N)=O)C1CCCN1C=O.NC=O.NC=O. The van der Waals surface area contributed by atoms with E-state index in [4.69, 9.17) is 24.8 Å². The maximum atomic E-state index is 12.3. The maximum Gasteiger partial charge on any atom is 0.222 e. The highest BCUT2D eigenvalue weighted by atomic mass is 16.5. The molecule has 5 amide bonds. The Morgan fingerprint density at radius 3 is 1.72 bits per heavy atom. The molecule has 14 heteroatoms. The number of amides is 5. The number of primary amides is 3. The maximum absolute atomic E-state index is 12.3. The largest absolute Gasteiger partial charge is 0.379 e. The van der Waals surface area contributed by atoms with Gasteiger partial charge >= 0.3 is 0 Å². The molecule has 14 nitrogen and oxygen atoms in total. The van der Waals surface area contributed by atoms with Crippen molar-refractivity contribution in [3.05, 3.63) is 35.9 Å². The molecule has 0 bridgehead atoms. The number of carbonyl (C=O) groups is 5. The number of ether oxygens (including phenoxy) is 2. The van der Waals surface area contributed by atoms with Gasteiger partial charge in [0.05, 0.1) is 30.2 Å². The molecule has 61 heavy (non-hydrogen) atoms. The fraction of sp³-hybridized carbons (Fsp3) is 0.766. The summed E-state index contributed by atoms with van der Waals surface area (Å²) in [4.78, 5) is 55.0. The number of nitrogens with zero attached hydrogens (tertiary/aromatic N) is 2. The number of carbonyl (C=O) groups excluding carboxylic acids is 5. The Hall–Kier alpha value is -3.59. The van der Waals surface area contributed by atoms with Gasteiger partial charge in [0.2, 0.25) is 31.0 Å². The highest BCUT2D eigenvalue weighted by molar-refractivity contribution is 5.77. The van der Waals surface area contributed by atoms with Crippen LogP contribution in [0.5, 0.6) is 0 Å². The molecule has 358 valence electrons. The molecule has 0 aromatic heterocycles. The molecule has 2 aliphatic rings. The zero-order valence-corrected chi connectivity index (χ0v) is 41.0. The third-order valence-electron chi connectivity index (χ3n) is 10.1. The second kappa shape index (κ2) is 41.7. The van der Waals surface area contributed by atoms with Crippen molar-refractivity contribution in [3.63, 3.8) is 0 Å². The number of hydrogen-bond donors (Lipinski definition) is 5. The number of nitrogens with one attached hydrogen (secondary N) is 2. The topological polar surface area (TPSA) is 212 Å². The first-order valence-corrected chi connectivity index (χ1v) is 22.4. The van der Waals surface area contributed by atoms with E-state index in [0.29, 0.717) is 23.7 Å². The van der Waals surface area contributed by atoms with E-state index in [1.807, 2.05) is 11.9 Å². The van der Waals surface area contributed by atoms with E-state index in [-0.39, 0.29) is 54.8 Å². The molecule has 0 saturated carbocycles. The lowest BCUT2D eigenvalue weighted by atomic mass is 9.89. The molecule has 1 aromatic carbocycles. The monoisotopic (exact) mass is 868 g/mol. The lowest BCUT2D eigenvalue weighted by Crippen LogP contribution is -2.49. The second-order valence-corrected chi connectivity index (χ2v) is 17.0. The molecular formula is C47H93N7O7. The molecule has 8 N–H and O–H groups in total. The van der Waals surface area contributed by atoms with E-state index in [9.17, 15) is 14.4 Å². The van der Waals surface area contributed by atoms with Crippen molar-refractivity contribution < 1.29 is 33.4 Å². The smallest absolute Gasteiger partial charge is 0.222 e. The number of rotatable bonds is 16. The molecule has 2 aliphatic heterocycles. The number of likely N-dealkylation sites (N-methyl/N-ethyl adjacent to an activating group) is 1. The Labute approximate surface area is 372 Å². The number of nitrogens with two attached hydrogens (primary N) is 3. The van der Waals surface area contributed by atoms with Crippen molar-refractivity contribution in [2.24, 2.45) is 40.4 Å². The van der Waals surface area contributed by atoms with Crippen LogP contribution in [0.2, 0.25) is 0 Å². The van der Waals surface area contributed by atoms with Gasteiger partial charge in [-0.05, 0) is 61.3 Å². The first-order chi connectivity index (χ1) is 28.8. The molecule has 6 unspecified atom stereocenters. The van der Waals surface area contributed by atoms with Crippen LogP contribution in [-0.4, -0.2) is 119 Å². The van der Waals surface area contributed by atoms with Gasteiger partial charge in [0.25, 0.3) is 0 Å². The molecule has 0 aliphatic carbocycles. The van der Waals surface area contributed by atoms with Crippen LogP contribution in [0.4, 0.5) is 0 Å². The molecule has 6 atom stereocenters. The van der Waals surface area contributed by atoms with Gasteiger partial charge in [-0.25, -0.2) is 0 Å². The van der Waals surface area contributed by atoms with E-state index in [1.165, 1.54) is 24.8 Å². The molecule has 0 spiro atoms. The minimum absolute atomic E-state index is 0.0185. The van der Waals surface area contributed by atoms with Gasteiger partial charge in [0.1, 0.15) is 0 Å². The number of aryl methyl sites for hydroxylation is 1. The summed E-state index contributed by atoms with van der Waals surface area (Å²) in [6, 6.07) is 10.9. The Bertz CT molecular complexity index is 1160. The Kier molecular flexibility index (Phi) is 43.8. The number of methoxy groups -OCH3 is 2. The van der Waals surface area contributed by atoms with Crippen LogP contribution in [0.25, 0.3) is 0 Å². The molecular weight excluding hydrogens is 775 g/mol. The zero-order chi connectivity index (χ0) is 47.8. The summed E-state index contributed by atoms with van der Waals surface area (Å²) in [5.74, 6) is 0.511. The molecule has 2 saturated heterocycles. The van der Waals surface area contributed by atoms with Crippen LogP contribution >= 0.6 is 0 Å². The summed E-state index contributed by atoms with van der Waals surface area (Å²) in [7, 11) is 5.22. The average molecular weight is 868 g/mol. The van der Waals surface area contributed by atoms with Gasteiger partial charge < -0.3 is 47.1 Å². The second-order valence-electron chi connectivity index (χ2n) is 17.0. The quantitative estimate of drug-likeness (QED) is 0.125. The van der Waals surface area contributed by atoms with Gasteiger partial charge in [0, 0.05) is 60.4 Å². The Morgan fingerprint density at radius 2 is 1.38 bits per heavy atom. The fourth-order valence-corrected chi connectivity index (χ4v) is 6.46. The van der Waals surface area contributed by atoms with E-state index in [0.717, 1.165) is 71.2 Å². The highest BCUT2D eigenvalue weighted by Gasteiger charge is 2.36. The van der Waals surface area contributed by atoms with Crippen LogP contribution in [-0.2, 0) is 39.9 Å². The highest BCUT2D eigenvalue weighted by Crippen LogP contribution is 2.25. The van der Waals surface area contributed by atoms with Gasteiger partial charge in [-0.15, -0.1) is 0 Å². The number of hydrogen-bond acceptors (Lipinski definition) is 9. The van der Waals surface area contributed by atoms with Crippen molar-refractivity contribution >= 4 is 31.0 Å². The average Bonchev–Trinajstić information content (AvgIpc) is 3.71. The van der Waals surface area contributed by atoms with Crippen LogP contribution in [0.15, 0.2) is 30.3 Å². The molecule has 1 aromatic rings. The van der Waals surface area contributed by atoms with Crippen molar-refractivity contribution in [1.29, 1.82) is 0 Å². The van der Waals surface area contributed by atoms with Crippen LogP contribution in [0.3, 0.4) is 0 Å². The lowest BCUT2D eigenvalue weighted by Gasteiger charge is -2.37. The number of likely N-dealkylation sites (tertiary alicyclic amines) is 1. The van der Waals surface area contributed by atoms with Gasteiger partial charge in [-0.3, -0.25) is 24.0 Å². The standard InChI is InChI=1S/C16H33NO2.C12H18.C10H18N2O3.C4H10N2.C3H8.2CH3NO/c1-8-13(5)16(14(9-2)19-7)17(6)15(18)11-10-12(3)4;1-12(2,3)10-9-11-7-5-4-6-8-11;1-7(10(11)14)9(15-2)8-4-3-5-12(8)6-13;1-2-6-4-3-5-1;1-3-2;2*2-1-3/h12-14,16H,8-11H2,1-7H3;4-8H,9-10H2,1-3H3;6-9H,3-5H2,1-2H3,(H2,11,14);5-6H,1-4H2;3H2,1-2H3;2*1H,(H2,2,3). The summed E-state index contributed by atoms with van der Waals surface area (Å²) < 4.78 is 10.9. The number of piperazine rings is 1. The summed E-state index contributed by atoms with van der Waals surface area (Å²) >= 11 is 0. The molecule has 2 fully saturated rings. The van der Waals surface area contributed by atoms with E-state index >= 15 is 0 Å². The van der Waals surface area contributed by atoms with E-state index in [2.05, 4.69) is 122 Å². The first kappa shape index (κ1) is 64.0. The minimum Gasteiger partial charge on any atom is -0.379 e. The summed E-state index contributed by atoms with van der Waals surface area (Å²) in [5.41, 5.74) is 15.5. The normalized spacial score (nSPS) is 16.5. The third-order valence-corrected chi connectivity index (χ3v) is 10.1. The van der Waals surface area contributed by atoms with Crippen molar-refractivity contribution in [3.8, 4) is 0 Å². The van der Waals surface area contributed by atoms with Crippen LogP contribution in [0, 0.1) is 23.2 Å². The molecule has 2 heterocycles. The fourth-order valence-electron chi connectivity index (χ4n) is 6.46. The van der Waals surface area contributed by atoms with Crippen molar-refractivity contribution in [1.82, 2.24) is 20.4 Å². The summed E-state index contributed by atoms with van der Waals surface area (Å²) in [6.07, 6.45) is 10.3. The number of benzene rings is 1. The van der Waals surface area contributed by atoms with E-state index < -0.39 is 0 Å². The Balaban J connectivity index is -0.000000345. The predicted octanol–water partition coefficient (Wildman–Crippen LogP) is 5.93. The van der Waals surface area contributed by atoms with Gasteiger partial charge in [-0.2, -0.15) is 0 Å². The Morgan fingerprint density at radius 1 is 0.885 bits per heavy atom. The summed E-state index contributed by atoms with van der Waals surface area (Å²) in [6.45, 7) is 29.0. The molecule has 3 rings (SSSR count). The predicted molar refractivity (Wildman–Crippen MR) is 253 cm³/mol. The lowest BCUT2D eigenvalue weighted by molar-refractivity contribution is -0.137. The minimum atomic E-state index is -0.389.